The first-order valence-corrected chi connectivity index (χ1v) is 6.88. The van der Waals surface area contributed by atoms with Crippen molar-refractivity contribution in [3.05, 3.63) is 28.2 Å². The van der Waals surface area contributed by atoms with Crippen LogP contribution in [0.2, 0.25) is 0 Å². The van der Waals surface area contributed by atoms with Gasteiger partial charge in [0.15, 0.2) is 0 Å². The van der Waals surface area contributed by atoms with Crippen LogP contribution in [0.3, 0.4) is 0 Å². The van der Waals surface area contributed by atoms with Gasteiger partial charge in [0.25, 0.3) is 0 Å². The van der Waals surface area contributed by atoms with E-state index in [2.05, 4.69) is 15.9 Å². The van der Waals surface area contributed by atoms with Gasteiger partial charge in [0, 0.05) is 10.0 Å². The molecule has 1 fully saturated rings. The summed E-state index contributed by atoms with van der Waals surface area (Å²) in [7, 11) is -0.499. The molecule has 0 bridgehead atoms. The summed E-state index contributed by atoms with van der Waals surface area (Å²) in [5, 5.41) is 0. The van der Waals surface area contributed by atoms with E-state index in [9.17, 15) is 4.79 Å². The molecular formula is C13H17BBrNO3. The fourth-order valence-corrected chi connectivity index (χ4v) is 2.38. The fourth-order valence-electron chi connectivity index (χ4n) is 1.87. The second-order valence-electron chi connectivity index (χ2n) is 5.73. The Morgan fingerprint density at radius 1 is 1.16 bits per heavy atom. The number of carbonyl (C=O) groups excluding carboxylic acids is 1. The Labute approximate surface area is 121 Å². The van der Waals surface area contributed by atoms with Crippen molar-refractivity contribution in [2.75, 3.05) is 0 Å². The molecule has 1 amide bonds. The SMILES string of the molecule is CC1(C)OB(c2cc(Br)cc(C(N)=O)c2)OC1(C)C. The molecule has 1 saturated heterocycles. The van der Waals surface area contributed by atoms with Gasteiger partial charge < -0.3 is 15.0 Å². The summed E-state index contributed by atoms with van der Waals surface area (Å²) < 4.78 is 12.7. The normalized spacial score (nSPS) is 20.6. The highest BCUT2D eigenvalue weighted by molar-refractivity contribution is 9.10. The molecule has 1 aromatic carbocycles. The predicted octanol–water partition coefficient (Wildman–Crippen LogP) is 1.85. The van der Waals surface area contributed by atoms with E-state index < -0.39 is 24.2 Å². The van der Waals surface area contributed by atoms with Crippen molar-refractivity contribution < 1.29 is 14.1 Å². The lowest BCUT2D eigenvalue weighted by molar-refractivity contribution is 0.00578. The molecule has 1 aliphatic rings. The molecule has 1 aliphatic heterocycles. The summed E-state index contributed by atoms with van der Waals surface area (Å²) >= 11 is 3.37. The van der Waals surface area contributed by atoms with Crippen molar-refractivity contribution in [1.82, 2.24) is 0 Å². The van der Waals surface area contributed by atoms with E-state index in [1.54, 1.807) is 12.1 Å². The molecule has 0 aliphatic carbocycles. The second-order valence-corrected chi connectivity index (χ2v) is 6.64. The average molecular weight is 326 g/mol. The van der Waals surface area contributed by atoms with Crippen LogP contribution in [0.1, 0.15) is 38.1 Å². The monoisotopic (exact) mass is 325 g/mol. The number of amides is 1. The molecule has 0 saturated carbocycles. The fraction of sp³-hybridized carbons (Fsp3) is 0.462. The highest BCUT2D eigenvalue weighted by Crippen LogP contribution is 2.36. The Morgan fingerprint density at radius 3 is 2.16 bits per heavy atom. The first-order chi connectivity index (χ1) is 8.62. The van der Waals surface area contributed by atoms with E-state index in [0.29, 0.717) is 5.56 Å². The zero-order valence-corrected chi connectivity index (χ0v) is 13.1. The van der Waals surface area contributed by atoms with Gasteiger partial charge in [-0.25, -0.2) is 0 Å². The van der Waals surface area contributed by atoms with E-state index in [4.69, 9.17) is 15.0 Å². The molecule has 0 unspecified atom stereocenters. The summed E-state index contributed by atoms with van der Waals surface area (Å²) in [6.45, 7) is 7.94. The number of hydrogen-bond donors (Lipinski definition) is 1. The summed E-state index contributed by atoms with van der Waals surface area (Å²) in [4.78, 5) is 11.3. The Kier molecular flexibility index (Phi) is 3.54. The highest BCUT2D eigenvalue weighted by atomic mass is 79.9. The Morgan fingerprint density at radius 2 is 1.68 bits per heavy atom. The van der Waals surface area contributed by atoms with E-state index in [-0.39, 0.29) is 0 Å². The smallest absolute Gasteiger partial charge is 0.399 e. The van der Waals surface area contributed by atoms with E-state index in [1.807, 2.05) is 33.8 Å². The van der Waals surface area contributed by atoms with Crippen LogP contribution in [0.25, 0.3) is 0 Å². The van der Waals surface area contributed by atoms with Crippen molar-refractivity contribution in [2.45, 2.75) is 38.9 Å². The van der Waals surface area contributed by atoms with E-state index >= 15 is 0 Å². The van der Waals surface area contributed by atoms with Crippen LogP contribution < -0.4 is 11.2 Å². The van der Waals surface area contributed by atoms with Gasteiger partial charge in [-0.05, 0) is 51.4 Å². The Hall–Kier alpha value is -0.845. The molecule has 4 nitrogen and oxygen atoms in total. The number of nitrogens with two attached hydrogens (primary N) is 1. The van der Waals surface area contributed by atoms with Crippen molar-refractivity contribution in [3.63, 3.8) is 0 Å². The van der Waals surface area contributed by atoms with E-state index in [0.717, 1.165) is 9.94 Å². The second kappa shape index (κ2) is 4.61. The number of benzene rings is 1. The van der Waals surface area contributed by atoms with Crippen LogP contribution in [-0.4, -0.2) is 24.2 Å². The molecule has 19 heavy (non-hydrogen) atoms. The third kappa shape index (κ3) is 2.71. The van der Waals surface area contributed by atoms with Crippen LogP contribution in [0.15, 0.2) is 22.7 Å². The van der Waals surface area contributed by atoms with Crippen LogP contribution in [-0.2, 0) is 9.31 Å². The van der Waals surface area contributed by atoms with Crippen molar-refractivity contribution >= 4 is 34.4 Å². The standard InChI is InChI=1S/C13H17BBrNO3/c1-12(2)13(3,4)19-14(18-12)9-5-8(11(16)17)6-10(15)7-9/h5-7H,1-4H3,(H2,16,17). The minimum atomic E-state index is -0.499. The van der Waals surface area contributed by atoms with Crippen LogP contribution in [0.4, 0.5) is 0 Å². The number of halogens is 1. The van der Waals surface area contributed by atoms with Crippen LogP contribution in [0.5, 0.6) is 0 Å². The average Bonchev–Trinajstić information content (AvgIpc) is 2.47. The van der Waals surface area contributed by atoms with Gasteiger partial charge in [0.1, 0.15) is 0 Å². The third-order valence-corrected chi connectivity index (χ3v) is 4.19. The van der Waals surface area contributed by atoms with Gasteiger partial charge in [0.2, 0.25) is 5.91 Å². The largest absolute Gasteiger partial charge is 0.494 e. The molecule has 1 heterocycles. The van der Waals surface area contributed by atoms with Gasteiger partial charge in [-0.15, -0.1) is 0 Å². The lowest BCUT2D eigenvalue weighted by Crippen LogP contribution is -2.41. The highest BCUT2D eigenvalue weighted by Gasteiger charge is 2.51. The molecule has 0 spiro atoms. The molecule has 2 N–H and O–H groups in total. The molecule has 102 valence electrons. The molecule has 0 aromatic heterocycles. The molecule has 0 atom stereocenters. The maximum atomic E-state index is 11.3. The number of carbonyl (C=O) groups is 1. The Balaban J connectivity index is 2.37. The quantitative estimate of drug-likeness (QED) is 0.844. The molecule has 2 rings (SSSR count). The Bertz CT molecular complexity index is 515. The van der Waals surface area contributed by atoms with Gasteiger partial charge in [-0.3, -0.25) is 4.79 Å². The molecular weight excluding hydrogens is 309 g/mol. The first-order valence-electron chi connectivity index (χ1n) is 6.08. The molecule has 6 heteroatoms. The van der Waals surface area contributed by atoms with E-state index in [1.165, 1.54) is 0 Å². The first kappa shape index (κ1) is 14.6. The van der Waals surface area contributed by atoms with Crippen LogP contribution >= 0.6 is 15.9 Å². The van der Waals surface area contributed by atoms with Crippen molar-refractivity contribution in [2.24, 2.45) is 5.73 Å². The summed E-state index contributed by atoms with van der Waals surface area (Å²) in [5.41, 5.74) is 5.70. The number of rotatable bonds is 2. The maximum absolute atomic E-state index is 11.3. The number of primary amides is 1. The summed E-state index contributed by atoms with van der Waals surface area (Å²) in [6.07, 6.45) is 0. The molecule has 1 aromatic rings. The zero-order valence-electron chi connectivity index (χ0n) is 11.5. The van der Waals surface area contributed by atoms with Crippen LogP contribution in [0, 0.1) is 0 Å². The van der Waals surface area contributed by atoms with Gasteiger partial charge in [-0.2, -0.15) is 0 Å². The minimum Gasteiger partial charge on any atom is -0.399 e. The minimum absolute atomic E-state index is 0.410. The lowest BCUT2D eigenvalue weighted by atomic mass is 9.78. The van der Waals surface area contributed by atoms with Crippen molar-refractivity contribution in [3.8, 4) is 0 Å². The van der Waals surface area contributed by atoms with Gasteiger partial charge in [-0.1, -0.05) is 15.9 Å². The van der Waals surface area contributed by atoms with Gasteiger partial charge >= 0.3 is 7.12 Å². The lowest BCUT2D eigenvalue weighted by Gasteiger charge is -2.32. The molecule has 0 radical (unpaired) electrons. The summed E-state index contributed by atoms with van der Waals surface area (Å²) in [6, 6.07) is 5.25. The topological polar surface area (TPSA) is 61.5 Å². The third-order valence-electron chi connectivity index (χ3n) is 3.73. The predicted molar refractivity (Wildman–Crippen MR) is 78.4 cm³/mol. The van der Waals surface area contributed by atoms with Crippen molar-refractivity contribution in [1.29, 1.82) is 0 Å². The number of hydrogen-bond acceptors (Lipinski definition) is 3. The summed E-state index contributed by atoms with van der Waals surface area (Å²) in [5.74, 6) is -0.473. The zero-order chi connectivity index (χ0) is 14.4. The van der Waals surface area contributed by atoms with Gasteiger partial charge in [0.05, 0.1) is 11.2 Å². The maximum Gasteiger partial charge on any atom is 0.494 e.